The summed E-state index contributed by atoms with van der Waals surface area (Å²) in [5.74, 6) is 0.288. The number of hydrogen-bond acceptors (Lipinski definition) is 2. The molecule has 1 heterocycles. The fraction of sp³-hybridized carbons (Fsp3) is 0.632. The molecule has 1 saturated carbocycles. The lowest BCUT2D eigenvalue weighted by molar-refractivity contribution is -0.137. The normalized spacial score (nSPS) is 25.7. The van der Waals surface area contributed by atoms with Crippen LogP contribution in [0.15, 0.2) is 24.3 Å². The van der Waals surface area contributed by atoms with E-state index < -0.39 is 0 Å². The largest absolute Gasteiger partial charge is 0.336 e. The molecule has 0 N–H and O–H groups in total. The van der Waals surface area contributed by atoms with Crippen LogP contribution in [0.25, 0.3) is 0 Å². The molecule has 0 spiro atoms. The Labute approximate surface area is 134 Å². The fourth-order valence-electron chi connectivity index (χ4n) is 3.83. The second-order valence-corrected chi connectivity index (χ2v) is 7.83. The average Bonchev–Trinajstić information content (AvgIpc) is 2.84. The Balaban J connectivity index is 1.56. The zero-order chi connectivity index (χ0) is 15.7. The van der Waals surface area contributed by atoms with Gasteiger partial charge in [-0.25, -0.2) is 0 Å². The van der Waals surface area contributed by atoms with Crippen LogP contribution in [-0.4, -0.2) is 41.4 Å². The second kappa shape index (κ2) is 6.04. The molecule has 3 heteroatoms. The van der Waals surface area contributed by atoms with Gasteiger partial charge in [-0.15, -0.1) is 0 Å². The minimum atomic E-state index is 0.288. The molecule has 1 amide bonds. The first kappa shape index (κ1) is 15.5. The van der Waals surface area contributed by atoms with Crippen LogP contribution in [0.4, 0.5) is 0 Å². The van der Waals surface area contributed by atoms with Crippen LogP contribution in [0.2, 0.25) is 0 Å². The predicted octanol–water partition coefficient (Wildman–Crippen LogP) is 3.22. The molecule has 1 aromatic rings. The van der Waals surface area contributed by atoms with E-state index in [1.54, 1.807) is 0 Å². The van der Waals surface area contributed by atoms with Gasteiger partial charge in [-0.2, -0.15) is 0 Å². The maximum Gasteiger partial charge on any atom is 0.237 e. The van der Waals surface area contributed by atoms with E-state index in [1.165, 1.54) is 30.4 Å². The third-order valence-electron chi connectivity index (χ3n) is 5.30. The first-order chi connectivity index (χ1) is 10.4. The van der Waals surface area contributed by atoms with Gasteiger partial charge in [0.2, 0.25) is 5.91 Å². The van der Waals surface area contributed by atoms with Gasteiger partial charge in [0.25, 0.3) is 0 Å². The summed E-state index contributed by atoms with van der Waals surface area (Å²) >= 11 is 0. The highest BCUT2D eigenvalue weighted by atomic mass is 16.2. The summed E-state index contributed by atoms with van der Waals surface area (Å²) in [6, 6.07) is 9.12. The van der Waals surface area contributed by atoms with Crippen molar-refractivity contribution in [2.45, 2.75) is 52.6 Å². The standard InChI is InChI=1S/C19H28N2O/c1-15-4-6-16(7-5-15)13-21-11-10-20(14-18(21)22)17-8-9-19(2,3)12-17/h4-7,17H,8-14H2,1-3H3. The van der Waals surface area contributed by atoms with E-state index in [9.17, 15) is 4.79 Å². The molecule has 1 saturated heterocycles. The molecule has 0 bridgehead atoms. The highest BCUT2D eigenvalue weighted by Crippen LogP contribution is 2.39. The van der Waals surface area contributed by atoms with Gasteiger partial charge in [0.15, 0.2) is 0 Å². The summed E-state index contributed by atoms with van der Waals surface area (Å²) in [5.41, 5.74) is 2.95. The van der Waals surface area contributed by atoms with Crippen molar-refractivity contribution < 1.29 is 4.79 Å². The maximum atomic E-state index is 12.5. The molecule has 0 aromatic heterocycles. The number of nitrogens with zero attached hydrogens (tertiary/aromatic N) is 2. The molecular formula is C19H28N2O. The zero-order valence-electron chi connectivity index (χ0n) is 14.1. The van der Waals surface area contributed by atoms with Crippen molar-refractivity contribution in [1.82, 2.24) is 9.80 Å². The predicted molar refractivity (Wildman–Crippen MR) is 89.6 cm³/mol. The lowest BCUT2D eigenvalue weighted by Crippen LogP contribution is -2.52. The monoisotopic (exact) mass is 300 g/mol. The molecule has 3 rings (SSSR count). The third-order valence-corrected chi connectivity index (χ3v) is 5.30. The molecule has 1 aliphatic carbocycles. The van der Waals surface area contributed by atoms with Crippen LogP contribution in [0, 0.1) is 12.3 Å². The Morgan fingerprint density at radius 3 is 2.50 bits per heavy atom. The van der Waals surface area contributed by atoms with E-state index in [0.29, 0.717) is 18.0 Å². The quantitative estimate of drug-likeness (QED) is 0.856. The zero-order valence-corrected chi connectivity index (χ0v) is 14.1. The van der Waals surface area contributed by atoms with Crippen LogP contribution >= 0.6 is 0 Å². The van der Waals surface area contributed by atoms with Crippen molar-refractivity contribution in [2.75, 3.05) is 19.6 Å². The van der Waals surface area contributed by atoms with Crippen LogP contribution < -0.4 is 0 Å². The number of carbonyl (C=O) groups excluding carboxylic acids is 1. The van der Waals surface area contributed by atoms with Crippen LogP contribution in [0.5, 0.6) is 0 Å². The van der Waals surface area contributed by atoms with Crippen LogP contribution in [0.3, 0.4) is 0 Å². The van der Waals surface area contributed by atoms with Gasteiger partial charge in [0.1, 0.15) is 0 Å². The maximum absolute atomic E-state index is 12.5. The first-order valence-corrected chi connectivity index (χ1v) is 8.50. The minimum absolute atomic E-state index is 0.288. The Morgan fingerprint density at radius 2 is 1.91 bits per heavy atom. The summed E-state index contributed by atoms with van der Waals surface area (Å²) in [4.78, 5) is 16.9. The fourth-order valence-corrected chi connectivity index (χ4v) is 3.83. The van der Waals surface area contributed by atoms with E-state index >= 15 is 0 Å². The number of carbonyl (C=O) groups is 1. The van der Waals surface area contributed by atoms with Gasteiger partial charge in [-0.1, -0.05) is 43.7 Å². The first-order valence-electron chi connectivity index (χ1n) is 8.50. The third kappa shape index (κ3) is 3.52. The van der Waals surface area contributed by atoms with Gasteiger partial charge in [-0.05, 0) is 37.2 Å². The number of piperazine rings is 1. The molecule has 3 nitrogen and oxygen atoms in total. The average molecular weight is 300 g/mol. The molecule has 1 unspecified atom stereocenters. The molecular weight excluding hydrogens is 272 g/mol. The SMILES string of the molecule is Cc1ccc(CN2CCN(C3CCC(C)(C)C3)CC2=O)cc1. The van der Waals surface area contributed by atoms with E-state index in [4.69, 9.17) is 0 Å². The van der Waals surface area contributed by atoms with Crippen molar-refractivity contribution in [1.29, 1.82) is 0 Å². The van der Waals surface area contributed by atoms with E-state index in [-0.39, 0.29) is 5.91 Å². The van der Waals surface area contributed by atoms with Crippen molar-refractivity contribution in [3.63, 3.8) is 0 Å². The number of aryl methyl sites for hydroxylation is 1. The molecule has 2 fully saturated rings. The second-order valence-electron chi connectivity index (χ2n) is 7.83. The van der Waals surface area contributed by atoms with Crippen molar-refractivity contribution in [3.05, 3.63) is 35.4 Å². The van der Waals surface area contributed by atoms with E-state index in [0.717, 1.165) is 19.6 Å². The van der Waals surface area contributed by atoms with Crippen molar-refractivity contribution in [3.8, 4) is 0 Å². The summed E-state index contributed by atoms with van der Waals surface area (Å²) < 4.78 is 0. The van der Waals surface area contributed by atoms with E-state index in [1.807, 2.05) is 4.90 Å². The van der Waals surface area contributed by atoms with Gasteiger partial charge < -0.3 is 4.90 Å². The van der Waals surface area contributed by atoms with Crippen LogP contribution in [-0.2, 0) is 11.3 Å². The Kier molecular flexibility index (Phi) is 4.26. The highest BCUT2D eigenvalue weighted by Gasteiger charge is 2.37. The van der Waals surface area contributed by atoms with E-state index in [2.05, 4.69) is 49.9 Å². The summed E-state index contributed by atoms with van der Waals surface area (Å²) in [6.07, 6.45) is 3.77. The topological polar surface area (TPSA) is 23.6 Å². The number of benzene rings is 1. The van der Waals surface area contributed by atoms with Crippen LogP contribution in [0.1, 0.15) is 44.2 Å². The lowest BCUT2D eigenvalue weighted by Gasteiger charge is -2.38. The molecule has 1 atom stereocenters. The van der Waals surface area contributed by atoms with Gasteiger partial charge in [-0.3, -0.25) is 9.69 Å². The summed E-state index contributed by atoms with van der Waals surface area (Å²) in [6.45, 7) is 10.0. The smallest absolute Gasteiger partial charge is 0.237 e. The summed E-state index contributed by atoms with van der Waals surface area (Å²) in [7, 11) is 0. The Hall–Kier alpha value is -1.35. The molecule has 2 aliphatic rings. The molecule has 120 valence electrons. The molecule has 0 radical (unpaired) electrons. The minimum Gasteiger partial charge on any atom is -0.336 e. The Bertz CT molecular complexity index is 535. The Morgan fingerprint density at radius 1 is 1.18 bits per heavy atom. The van der Waals surface area contributed by atoms with Gasteiger partial charge in [0.05, 0.1) is 6.54 Å². The van der Waals surface area contributed by atoms with Crippen molar-refractivity contribution in [2.24, 2.45) is 5.41 Å². The number of amides is 1. The number of rotatable bonds is 3. The van der Waals surface area contributed by atoms with Gasteiger partial charge in [0, 0.05) is 25.7 Å². The lowest BCUT2D eigenvalue weighted by atomic mass is 9.91. The molecule has 22 heavy (non-hydrogen) atoms. The number of hydrogen-bond donors (Lipinski definition) is 0. The summed E-state index contributed by atoms with van der Waals surface area (Å²) in [5, 5.41) is 0. The molecule has 1 aromatic carbocycles. The van der Waals surface area contributed by atoms with Crippen molar-refractivity contribution >= 4 is 5.91 Å². The van der Waals surface area contributed by atoms with Gasteiger partial charge >= 0.3 is 0 Å². The highest BCUT2D eigenvalue weighted by molar-refractivity contribution is 5.79. The molecule has 1 aliphatic heterocycles.